The van der Waals surface area contributed by atoms with E-state index in [-0.39, 0.29) is 0 Å². The van der Waals surface area contributed by atoms with Gasteiger partial charge in [0, 0.05) is 6.04 Å². The Labute approximate surface area is 94.5 Å². The minimum atomic E-state index is 0.329. The van der Waals surface area contributed by atoms with Crippen LogP contribution in [0.5, 0.6) is 0 Å². The van der Waals surface area contributed by atoms with Gasteiger partial charge in [0.2, 0.25) is 0 Å². The van der Waals surface area contributed by atoms with Gasteiger partial charge in [-0.2, -0.15) is 0 Å². The van der Waals surface area contributed by atoms with Gasteiger partial charge >= 0.3 is 0 Å². The van der Waals surface area contributed by atoms with Crippen molar-refractivity contribution in [2.45, 2.75) is 66.0 Å². The molecule has 0 rings (SSSR count). The molecule has 0 spiro atoms. The average molecular weight is 213 g/mol. The number of nitrogens with zero attached hydrogens (tertiary/aromatic N) is 1. The maximum Gasteiger partial charge on any atom is 0.189 e. The van der Waals surface area contributed by atoms with E-state index in [4.69, 9.17) is 5.73 Å². The maximum absolute atomic E-state index is 5.75. The van der Waals surface area contributed by atoms with Gasteiger partial charge in [-0.05, 0) is 33.1 Å². The largest absolute Gasteiger partial charge is 0.370 e. The number of nitrogens with one attached hydrogen (secondary N) is 1. The number of rotatable bonds is 6. The first-order valence-corrected chi connectivity index (χ1v) is 6.01. The Morgan fingerprint density at radius 1 is 1.13 bits per heavy atom. The number of nitrogens with two attached hydrogens (primary N) is 1. The fourth-order valence-corrected chi connectivity index (χ4v) is 1.46. The summed E-state index contributed by atoms with van der Waals surface area (Å²) in [6.07, 6.45) is 3.63. The van der Waals surface area contributed by atoms with Crippen LogP contribution in [0.2, 0.25) is 0 Å². The Morgan fingerprint density at radius 2 is 1.73 bits per heavy atom. The molecule has 0 heterocycles. The summed E-state index contributed by atoms with van der Waals surface area (Å²) in [5.41, 5.74) is 5.75. The summed E-state index contributed by atoms with van der Waals surface area (Å²) in [4.78, 5) is 4.40. The summed E-state index contributed by atoms with van der Waals surface area (Å²) in [7, 11) is 0. The first-order chi connectivity index (χ1) is 6.91. The third kappa shape index (κ3) is 9.57. The third-order valence-corrected chi connectivity index (χ3v) is 2.20. The second-order valence-corrected chi connectivity index (χ2v) is 4.99. The van der Waals surface area contributed by atoms with E-state index in [2.05, 4.69) is 44.9 Å². The molecule has 0 saturated heterocycles. The molecule has 3 heteroatoms. The highest BCUT2D eigenvalue weighted by molar-refractivity contribution is 5.78. The lowest BCUT2D eigenvalue weighted by Crippen LogP contribution is -2.37. The van der Waals surface area contributed by atoms with E-state index in [0.29, 0.717) is 18.0 Å². The Morgan fingerprint density at radius 3 is 2.20 bits per heavy atom. The summed E-state index contributed by atoms with van der Waals surface area (Å²) in [5, 5.41) is 3.10. The van der Waals surface area contributed by atoms with Crippen LogP contribution in [-0.2, 0) is 0 Å². The summed E-state index contributed by atoms with van der Waals surface area (Å²) >= 11 is 0. The lowest BCUT2D eigenvalue weighted by Gasteiger charge is -2.12. The van der Waals surface area contributed by atoms with Gasteiger partial charge in [0.15, 0.2) is 5.96 Å². The summed E-state index contributed by atoms with van der Waals surface area (Å²) in [6, 6.07) is 0.687. The number of aliphatic imine (C=N–C) groups is 1. The van der Waals surface area contributed by atoms with Gasteiger partial charge in [0.25, 0.3) is 0 Å². The van der Waals surface area contributed by atoms with Gasteiger partial charge < -0.3 is 11.1 Å². The number of hydrogen-bond donors (Lipinski definition) is 2. The minimum absolute atomic E-state index is 0.329. The summed E-state index contributed by atoms with van der Waals surface area (Å²) in [6.45, 7) is 10.7. The molecule has 0 amide bonds. The van der Waals surface area contributed by atoms with Crippen LogP contribution >= 0.6 is 0 Å². The molecule has 0 aliphatic heterocycles. The van der Waals surface area contributed by atoms with E-state index in [9.17, 15) is 0 Å². The van der Waals surface area contributed by atoms with E-state index >= 15 is 0 Å². The van der Waals surface area contributed by atoms with Gasteiger partial charge in [-0.3, -0.25) is 4.99 Å². The fourth-order valence-electron chi connectivity index (χ4n) is 1.46. The Kier molecular flexibility index (Phi) is 7.18. The number of guanidine groups is 1. The molecule has 0 aromatic heterocycles. The molecule has 0 radical (unpaired) electrons. The van der Waals surface area contributed by atoms with E-state index < -0.39 is 0 Å². The van der Waals surface area contributed by atoms with Crippen LogP contribution in [0.4, 0.5) is 0 Å². The smallest absolute Gasteiger partial charge is 0.189 e. The monoisotopic (exact) mass is 213 g/mol. The van der Waals surface area contributed by atoms with E-state index in [1.807, 2.05) is 0 Å². The van der Waals surface area contributed by atoms with Crippen molar-refractivity contribution in [3.8, 4) is 0 Å². The molecule has 0 aromatic carbocycles. The van der Waals surface area contributed by atoms with Crippen molar-refractivity contribution in [2.24, 2.45) is 16.6 Å². The van der Waals surface area contributed by atoms with Crippen LogP contribution in [0, 0.1) is 5.92 Å². The normalized spacial score (nSPS) is 14.7. The zero-order chi connectivity index (χ0) is 11.8. The Hall–Kier alpha value is -0.730. The van der Waals surface area contributed by atoms with Gasteiger partial charge in [-0.15, -0.1) is 0 Å². The van der Waals surface area contributed by atoms with Gasteiger partial charge in [-0.25, -0.2) is 0 Å². The molecule has 3 nitrogen and oxygen atoms in total. The highest BCUT2D eigenvalue weighted by Crippen LogP contribution is 2.09. The number of hydrogen-bond acceptors (Lipinski definition) is 1. The van der Waals surface area contributed by atoms with Gasteiger partial charge in [-0.1, -0.05) is 26.7 Å². The van der Waals surface area contributed by atoms with Crippen molar-refractivity contribution in [3.05, 3.63) is 0 Å². The molecule has 0 bridgehead atoms. The highest BCUT2D eigenvalue weighted by atomic mass is 15.1. The van der Waals surface area contributed by atoms with Crippen molar-refractivity contribution >= 4 is 5.96 Å². The van der Waals surface area contributed by atoms with E-state index in [0.717, 1.165) is 12.3 Å². The predicted octanol–water partition coefficient (Wildman–Crippen LogP) is 2.51. The third-order valence-electron chi connectivity index (χ3n) is 2.20. The van der Waals surface area contributed by atoms with Crippen molar-refractivity contribution in [3.63, 3.8) is 0 Å². The average Bonchev–Trinajstić information content (AvgIpc) is 2.00. The van der Waals surface area contributed by atoms with Gasteiger partial charge in [0.05, 0.1) is 6.04 Å². The van der Waals surface area contributed by atoms with Crippen LogP contribution < -0.4 is 11.1 Å². The van der Waals surface area contributed by atoms with Crippen LogP contribution in [0.15, 0.2) is 4.99 Å². The van der Waals surface area contributed by atoms with Crippen LogP contribution in [0.1, 0.15) is 53.9 Å². The van der Waals surface area contributed by atoms with E-state index in [1.54, 1.807) is 0 Å². The summed E-state index contributed by atoms with van der Waals surface area (Å²) < 4.78 is 0. The fraction of sp³-hybridized carbons (Fsp3) is 0.917. The first-order valence-electron chi connectivity index (χ1n) is 6.01. The molecule has 3 N–H and O–H groups in total. The molecular weight excluding hydrogens is 186 g/mol. The second kappa shape index (κ2) is 7.55. The molecule has 15 heavy (non-hydrogen) atoms. The molecule has 0 aliphatic carbocycles. The lowest BCUT2D eigenvalue weighted by molar-refractivity contribution is 0.510. The predicted molar refractivity (Wildman–Crippen MR) is 68.0 cm³/mol. The van der Waals surface area contributed by atoms with E-state index in [1.165, 1.54) is 12.8 Å². The zero-order valence-electron chi connectivity index (χ0n) is 10.9. The van der Waals surface area contributed by atoms with Gasteiger partial charge in [0.1, 0.15) is 0 Å². The molecule has 90 valence electrons. The second-order valence-electron chi connectivity index (χ2n) is 4.99. The van der Waals surface area contributed by atoms with Crippen molar-refractivity contribution < 1.29 is 0 Å². The molecule has 0 aliphatic rings. The quantitative estimate of drug-likeness (QED) is 0.526. The molecule has 0 aromatic rings. The van der Waals surface area contributed by atoms with Crippen molar-refractivity contribution in [2.75, 3.05) is 0 Å². The first kappa shape index (κ1) is 14.3. The molecule has 0 saturated carbocycles. The highest BCUT2D eigenvalue weighted by Gasteiger charge is 2.02. The molecular formula is C12H27N3. The Bertz CT molecular complexity index is 185. The van der Waals surface area contributed by atoms with Crippen molar-refractivity contribution in [1.29, 1.82) is 0 Å². The summed E-state index contributed by atoms with van der Waals surface area (Å²) in [5.74, 6) is 1.36. The van der Waals surface area contributed by atoms with Crippen molar-refractivity contribution in [1.82, 2.24) is 5.32 Å². The standard InChI is InChI=1S/C12H27N3/c1-9(2)7-6-8-11(5)15-12(13)14-10(3)4/h9-11H,6-8H2,1-5H3,(H3,13,14,15). The lowest BCUT2D eigenvalue weighted by atomic mass is 10.0. The zero-order valence-corrected chi connectivity index (χ0v) is 10.9. The molecule has 0 fully saturated rings. The Balaban J connectivity index is 3.75. The van der Waals surface area contributed by atoms with Crippen LogP contribution in [0.3, 0.4) is 0 Å². The van der Waals surface area contributed by atoms with Crippen LogP contribution in [-0.4, -0.2) is 18.0 Å². The maximum atomic E-state index is 5.75. The molecule has 1 atom stereocenters. The van der Waals surface area contributed by atoms with Crippen LogP contribution in [0.25, 0.3) is 0 Å². The minimum Gasteiger partial charge on any atom is -0.370 e. The molecule has 1 unspecified atom stereocenters. The topological polar surface area (TPSA) is 50.4 Å². The SMILES string of the molecule is CC(C)CCCC(C)N=C(N)NC(C)C.